The Kier molecular flexibility index (Phi) is 4.28. The van der Waals surface area contributed by atoms with Crippen LogP contribution in [-0.4, -0.2) is 28.1 Å². The summed E-state index contributed by atoms with van der Waals surface area (Å²) in [6.45, 7) is 1.98. The van der Waals surface area contributed by atoms with E-state index in [9.17, 15) is 18.4 Å². The number of alkyl halides is 2. The lowest BCUT2D eigenvalue weighted by Gasteiger charge is -2.21. The Morgan fingerprint density at radius 1 is 1.38 bits per heavy atom. The summed E-state index contributed by atoms with van der Waals surface area (Å²) >= 11 is 0. The first-order valence-electron chi connectivity index (χ1n) is 7.52. The molecule has 1 aromatic heterocycles. The van der Waals surface area contributed by atoms with Crippen molar-refractivity contribution >= 4 is 23.2 Å². The molecule has 2 amide bonds. The van der Waals surface area contributed by atoms with Gasteiger partial charge >= 0.3 is 0 Å². The molecule has 1 atom stereocenters. The first-order chi connectivity index (χ1) is 11.5. The van der Waals surface area contributed by atoms with Gasteiger partial charge in [0.15, 0.2) is 5.69 Å². The van der Waals surface area contributed by atoms with Crippen LogP contribution in [0.4, 0.5) is 20.2 Å². The fraction of sp³-hybridized carbons (Fsp3) is 0.312. The number of aromatic nitrogens is 2. The molecule has 0 spiro atoms. The number of rotatable bonds is 4. The topological polar surface area (TPSA) is 78.1 Å². The van der Waals surface area contributed by atoms with Crippen molar-refractivity contribution in [1.82, 2.24) is 10.2 Å². The highest BCUT2D eigenvalue weighted by Gasteiger charge is 2.28. The number of carbonyl (C=O) groups excluding carboxylic acids is 2. The monoisotopic (exact) mass is 334 g/mol. The van der Waals surface area contributed by atoms with Crippen molar-refractivity contribution in [2.24, 2.45) is 0 Å². The van der Waals surface area contributed by atoms with Gasteiger partial charge in [-0.3, -0.25) is 14.7 Å². The second kappa shape index (κ2) is 6.38. The molecule has 2 heterocycles. The molecule has 0 saturated carbocycles. The van der Waals surface area contributed by atoms with Gasteiger partial charge in [0, 0.05) is 23.8 Å². The lowest BCUT2D eigenvalue weighted by molar-refractivity contribution is -0.117. The van der Waals surface area contributed by atoms with Crippen LogP contribution in [0.5, 0.6) is 0 Å². The minimum atomic E-state index is -2.71. The van der Waals surface area contributed by atoms with Gasteiger partial charge in [0.05, 0.1) is 0 Å². The molecular weight excluding hydrogens is 318 g/mol. The SMILES string of the molecule is CC1CCC(=O)N1c1ccc(NC(=O)c2cc(C(F)F)[nH]n2)cc1. The van der Waals surface area contributed by atoms with E-state index in [1.54, 1.807) is 29.2 Å². The summed E-state index contributed by atoms with van der Waals surface area (Å²) in [5.41, 5.74) is 0.738. The smallest absolute Gasteiger partial charge is 0.279 e. The molecule has 1 aromatic carbocycles. The van der Waals surface area contributed by atoms with Crippen LogP contribution >= 0.6 is 0 Å². The Bertz CT molecular complexity index is 758. The maximum Gasteiger partial charge on any atom is 0.279 e. The zero-order chi connectivity index (χ0) is 17.3. The maximum absolute atomic E-state index is 12.5. The van der Waals surface area contributed by atoms with Crippen LogP contribution in [0.25, 0.3) is 0 Å². The van der Waals surface area contributed by atoms with Crippen LogP contribution < -0.4 is 10.2 Å². The van der Waals surface area contributed by atoms with Crippen LogP contribution in [0.2, 0.25) is 0 Å². The molecule has 6 nitrogen and oxygen atoms in total. The van der Waals surface area contributed by atoms with E-state index in [1.165, 1.54) is 0 Å². The first kappa shape index (κ1) is 16.1. The average molecular weight is 334 g/mol. The Morgan fingerprint density at radius 2 is 2.08 bits per heavy atom. The normalized spacial score (nSPS) is 17.6. The quantitative estimate of drug-likeness (QED) is 0.902. The third-order valence-corrected chi connectivity index (χ3v) is 3.95. The maximum atomic E-state index is 12.5. The fourth-order valence-corrected chi connectivity index (χ4v) is 2.69. The molecule has 1 aliphatic heterocycles. The molecule has 8 heteroatoms. The number of amides is 2. The summed E-state index contributed by atoms with van der Waals surface area (Å²) in [7, 11) is 0. The standard InChI is InChI=1S/C16H16F2N4O2/c1-9-2-7-14(23)22(9)11-5-3-10(4-6-11)19-16(24)13-8-12(15(17)18)20-21-13/h3-6,8-9,15H,2,7H2,1H3,(H,19,24)(H,20,21). The van der Waals surface area contributed by atoms with Gasteiger partial charge in [-0.1, -0.05) is 0 Å². The molecule has 0 radical (unpaired) electrons. The van der Waals surface area contributed by atoms with Gasteiger partial charge in [-0.15, -0.1) is 0 Å². The van der Waals surface area contributed by atoms with Crippen LogP contribution in [0.3, 0.4) is 0 Å². The first-order valence-corrected chi connectivity index (χ1v) is 7.52. The summed E-state index contributed by atoms with van der Waals surface area (Å²) in [5, 5.41) is 8.27. The van der Waals surface area contributed by atoms with E-state index in [-0.39, 0.29) is 17.6 Å². The molecule has 126 valence electrons. The van der Waals surface area contributed by atoms with Crippen LogP contribution in [-0.2, 0) is 4.79 Å². The largest absolute Gasteiger partial charge is 0.321 e. The van der Waals surface area contributed by atoms with Crippen LogP contribution in [0, 0.1) is 0 Å². The number of halogens is 2. The third-order valence-electron chi connectivity index (χ3n) is 3.95. The summed E-state index contributed by atoms with van der Waals surface area (Å²) in [4.78, 5) is 25.6. The summed E-state index contributed by atoms with van der Waals surface area (Å²) < 4.78 is 25.0. The second-order valence-corrected chi connectivity index (χ2v) is 5.66. The van der Waals surface area contributed by atoms with Crippen molar-refractivity contribution in [3.05, 3.63) is 41.7 Å². The molecule has 0 aliphatic carbocycles. The minimum Gasteiger partial charge on any atom is -0.321 e. The van der Waals surface area contributed by atoms with Crippen molar-refractivity contribution in [2.45, 2.75) is 32.2 Å². The third kappa shape index (κ3) is 3.12. The van der Waals surface area contributed by atoms with Crippen LogP contribution in [0.15, 0.2) is 30.3 Å². The van der Waals surface area contributed by atoms with Crippen molar-refractivity contribution in [3.63, 3.8) is 0 Å². The number of anilines is 2. The highest BCUT2D eigenvalue weighted by molar-refractivity contribution is 6.03. The van der Waals surface area contributed by atoms with E-state index in [0.717, 1.165) is 18.2 Å². The molecule has 1 fully saturated rings. The Morgan fingerprint density at radius 3 is 2.62 bits per heavy atom. The number of aromatic amines is 1. The predicted molar refractivity (Wildman–Crippen MR) is 84.1 cm³/mol. The van der Waals surface area contributed by atoms with Gasteiger partial charge in [0.2, 0.25) is 5.91 Å². The molecule has 2 aromatic rings. The molecule has 1 unspecified atom stereocenters. The van der Waals surface area contributed by atoms with Gasteiger partial charge in [-0.05, 0) is 43.7 Å². The average Bonchev–Trinajstić information content (AvgIpc) is 3.16. The minimum absolute atomic E-state index is 0.0790. The fourth-order valence-electron chi connectivity index (χ4n) is 2.69. The lowest BCUT2D eigenvalue weighted by Crippen LogP contribution is -2.30. The van der Waals surface area contributed by atoms with Crippen LogP contribution in [0.1, 0.15) is 42.4 Å². The number of benzene rings is 1. The van der Waals surface area contributed by atoms with E-state index >= 15 is 0 Å². The lowest BCUT2D eigenvalue weighted by atomic mass is 10.2. The van der Waals surface area contributed by atoms with Gasteiger partial charge < -0.3 is 10.2 Å². The van der Waals surface area contributed by atoms with E-state index in [4.69, 9.17) is 0 Å². The number of carbonyl (C=O) groups is 2. The van der Waals surface area contributed by atoms with Crippen molar-refractivity contribution < 1.29 is 18.4 Å². The molecular formula is C16H16F2N4O2. The summed E-state index contributed by atoms with van der Waals surface area (Å²) in [5.74, 6) is -0.508. The van der Waals surface area contributed by atoms with Crippen molar-refractivity contribution in [1.29, 1.82) is 0 Å². The Hall–Kier alpha value is -2.77. The number of nitrogens with zero attached hydrogens (tertiary/aromatic N) is 2. The molecule has 24 heavy (non-hydrogen) atoms. The predicted octanol–water partition coefficient (Wildman–Crippen LogP) is 3.11. The van der Waals surface area contributed by atoms with Gasteiger partial charge in [0.1, 0.15) is 5.69 Å². The van der Waals surface area contributed by atoms with E-state index < -0.39 is 18.0 Å². The van der Waals surface area contributed by atoms with Crippen molar-refractivity contribution in [2.75, 3.05) is 10.2 Å². The number of nitrogens with one attached hydrogen (secondary N) is 2. The second-order valence-electron chi connectivity index (χ2n) is 5.66. The molecule has 3 rings (SSSR count). The van der Waals surface area contributed by atoms with Gasteiger partial charge in [-0.25, -0.2) is 8.78 Å². The zero-order valence-corrected chi connectivity index (χ0v) is 12.9. The molecule has 2 N–H and O–H groups in total. The number of hydrogen-bond acceptors (Lipinski definition) is 3. The van der Waals surface area contributed by atoms with E-state index in [2.05, 4.69) is 15.5 Å². The van der Waals surface area contributed by atoms with Gasteiger partial charge in [-0.2, -0.15) is 5.10 Å². The molecule has 0 bridgehead atoms. The Balaban J connectivity index is 1.69. The van der Waals surface area contributed by atoms with E-state index in [1.807, 2.05) is 6.92 Å². The van der Waals surface area contributed by atoms with Crippen molar-refractivity contribution in [3.8, 4) is 0 Å². The highest BCUT2D eigenvalue weighted by atomic mass is 19.3. The Labute approximate surface area is 136 Å². The number of H-pyrrole nitrogens is 1. The van der Waals surface area contributed by atoms with E-state index in [0.29, 0.717) is 12.1 Å². The highest BCUT2D eigenvalue weighted by Crippen LogP contribution is 2.27. The van der Waals surface area contributed by atoms with Gasteiger partial charge in [0.25, 0.3) is 12.3 Å². The molecule has 1 saturated heterocycles. The summed E-state index contributed by atoms with van der Waals surface area (Å²) in [6.07, 6.45) is -1.35. The zero-order valence-electron chi connectivity index (χ0n) is 12.9. The molecule has 1 aliphatic rings. The summed E-state index contributed by atoms with van der Waals surface area (Å²) in [6, 6.07) is 7.96. The number of hydrogen-bond donors (Lipinski definition) is 2.